The first-order valence-corrected chi connectivity index (χ1v) is 27.7. The van der Waals surface area contributed by atoms with Gasteiger partial charge in [0.2, 0.25) is 5.88 Å². The Kier molecular flexibility index (Phi) is 12.5. The van der Waals surface area contributed by atoms with Gasteiger partial charge in [0.25, 0.3) is 21.6 Å². The summed E-state index contributed by atoms with van der Waals surface area (Å²) >= 11 is 0. The van der Waals surface area contributed by atoms with Gasteiger partial charge in [0, 0.05) is 73.7 Å². The molecule has 3 N–H and O–H groups in total. The predicted molar refractivity (Wildman–Crippen MR) is 277 cm³/mol. The van der Waals surface area contributed by atoms with Gasteiger partial charge in [0.1, 0.15) is 17.9 Å². The number of fused-ring (bicyclic) bond motifs is 3. The summed E-state index contributed by atoms with van der Waals surface area (Å²) in [7, 11) is -4.69. The molecule has 1 aliphatic carbocycles. The number of nitro benzene ring substituents is 1. The molecule has 386 valence electrons. The van der Waals surface area contributed by atoms with Gasteiger partial charge >= 0.3 is 0 Å². The molecule has 12 rings (SSSR count). The molecule has 4 atom stereocenters. The smallest absolute Gasteiger partial charge is 0.297 e. The summed E-state index contributed by atoms with van der Waals surface area (Å²) in [4.78, 5) is 43.6. The Hall–Kier alpha value is -5.99. The number of ether oxygens (including phenoxy) is 4. The zero-order valence-corrected chi connectivity index (χ0v) is 42.6. The standard InChI is InChI=1S/C54H65N9O9S/c1-33(2)40-8-4-5-9-41(40)44-10-6-17-60(44)37-26-54(27-37)14-19-59(20-15-54)36-11-12-42(45(23-36)61-18-7-21-70-53-47(61)22-35-13-16-55-51(35)57-53)52(64)58-73(67,68)39-24-46(63(65)66)50-48(25-39)72-32-43(56-50)49-28-62(34(3)29-71-49)38-30-69-31-38/h4-5,8-9,11-13,16,22-25,33-34,37-38,43-44,49,56H,6-7,10,14-15,17-21,26-32H2,1-3H3,(H,55,57)(H,58,64)/t34-,43+,44+,49-/m1/s1. The van der Waals surface area contributed by atoms with Crippen LogP contribution in [-0.2, 0) is 19.5 Å². The minimum atomic E-state index is -4.69. The average Bonchev–Trinajstić information content (AvgIpc) is 4.00. The van der Waals surface area contributed by atoms with E-state index < -0.39 is 37.5 Å². The Bertz CT molecular complexity index is 3040. The van der Waals surface area contributed by atoms with E-state index in [-0.39, 0.29) is 41.8 Å². The van der Waals surface area contributed by atoms with Crippen LogP contribution in [0.3, 0.4) is 0 Å². The number of hydrogen-bond donors (Lipinski definition) is 3. The number of amides is 1. The first kappa shape index (κ1) is 48.0. The van der Waals surface area contributed by atoms with Crippen molar-refractivity contribution >= 4 is 55.4 Å². The van der Waals surface area contributed by atoms with Crippen molar-refractivity contribution in [2.24, 2.45) is 5.41 Å². The number of piperidine rings is 1. The lowest BCUT2D eigenvalue weighted by Gasteiger charge is -2.56. The van der Waals surface area contributed by atoms with Crippen molar-refractivity contribution in [2.75, 3.05) is 80.9 Å². The number of carbonyl (C=O) groups excluding carboxylic acids is 1. The Labute approximate surface area is 425 Å². The molecule has 2 aromatic heterocycles. The molecular formula is C54H65N9O9S. The Morgan fingerprint density at radius 2 is 1.74 bits per heavy atom. The number of carbonyl (C=O) groups is 1. The van der Waals surface area contributed by atoms with Crippen molar-refractivity contribution < 1.29 is 37.1 Å². The number of pyridine rings is 1. The second-order valence-electron chi connectivity index (χ2n) is 21.7. The Morgan fingerprint density at radius 3 is 2.52 bits per heavy atom. The van der Waals surface area contributed by atoms with Crippen LogP contribution in [-0.4, -0.2) is 135 Å². The lowest BCUT2D eigenvalue weighted by atomic mass is 9.59. The van der Waals surface area contributed by atoms with Crippen LogP contribution < -0.4 is 29.3 Å². The molecule has 1 spiro atoms. The fourth-order valence-electron chi connectivity index (χ4n) is 12.8. The van der Waals surface area contributed by atoms with Crippen LogP contribution in [0.4, 0.5) is 28.4 Å². The first-order chi connectivity index (χ1) is 35.3. The predicted octanol–water partition coefficient (Wildman–Crippen LogP) is 7.88. The quantitative estimate of drug-likeness (QED) is 0.0853. The molecule has 0 unspecified atom stereocenters. The number of likely N-dealkylation sites (tertiary alicyclic amines) is 1. The highest BCUT2D eigenvalue weighted by Gasteiger charge is 2.50. The number of benzene rings is 3. The summed E-state index contributed by atoms with van der Waals surface area (Å²) in [5.41, 5.74) is 5.67. The molecule has 19 heteroatoms. The molecule has 4 saturated heterocycles. The average molecular weight is 1020 g/mol. The Morgan fingerprint density at radius 1 is 0.918 bits per heavy atom. The highest BCUT2D eigenvalue weighted by atomic mass is 32.2. The molecule has 73 heavy (non-hydrogen) atoms. The van der Waals surface area contributed by atoms with Crippen molar-refractivity contribution in [1.82, 2.24) is 24.5 Å². The summed E-state index contributed by atoms with van der Waals surface area (Å²) in [6.07, 6.45) is 9.04. The van der Waals surface area contributed by atoms with Gasteiger partial charge in [-0.1, -0.05) is 38.1 Å². The summed E-state index contributed by atoms with van der Waals surface area (Å²) in [6.45, 7) is 12.8. The van der Waals surface area contributed by atoms with Gasteiger partial charge in [-0.05, 0) is 111 Å². The number of anilines is 4. The largest absolute Gasteiger partial charge is 0.489 e. The van der Waals surface area contributed by atoms with E-state index in [4.69, 9.17) is 23.9 Å². The van der Waals surface area contributed by atoms with Crippen LogP contribution in [0.5, 0.6) is 11.6 Å². The second-order valence-corrected chi connectivity index (χ2v) is 23.4. The number of rotatable bonds is 11. The molecule has 0 bridgehead atoms. The lowest BCUT2D eigenvalue weighted by Crippen LogP contribution is -2.62. The van der Waals surface area contributed by atoms with Gasteiger partial charge in [-0.3, -0.25) is 24.7 Å². The minimum absolute atomic E-state index is 0.00475. The minimum Gasteiger partial charge on any atom is -0.489 e. The van der Waals surface area contributed by atoms with Gasteiger partial charge in [-0.15, -0.1) is 0 Å². The number of aromatic nitrogens is 2. The van der Waals surface area contributed by atoms with Crippen LogP contribution in [0.25, 0.3) is 11.0 Å². The molecule has 1 saturated carbocycles. The van der Waals surface area contributed by atoms with Crippen LogP contribution in [0.2, 0.25) is 0 Å². The number of sulfonamides is 1. The van der Waals surface area contributed by atoms with Gasteiger partial charge in [0.05, 0.1) is 65.7 Å². The second kappa shape index (κ2) is 19.1. The summed E-state index contributed by atoms with van der Waals surface area (Å²) in [5, 5.41) is 16.7. The summed E-state index contributed by atoms with van der Waals surface area (Å²) < 4.78 is 54.8. The maximum atomic E-state index is 14.6. The zero-order valence-electron chi connectivity index (χ0n) is 41.8. The number of H-pyrrole nitrogens is 1. The van der Waals surface area contributed by atoms with E-state index in [0.717, 1.165) is 49.6 Å². The lowest BCUT2D eigenvalue weighted by molar-refractivity contribution is -0.384. The van der Waals surface area contributed by atoms with Crippen molar-refractivity contribution in [1.29, 1.82) is 0 Å². The molecule has 8 heterocycles. The Balaban J connectivity index is 0.795. The third-order valence-corrected chi connectivity index (χ3v) is 18.2. The fourth-order valence-corrected chi connectivity index (χ4v) is 13.8. The van der Waals surface area contributed by atoms with E-state index in [9.17, 15) is 23.3 Å². The number of nitrogens with one attached hydrogen (secondary N) is 3. The van der Waals surface area contributed by atoms with Crippen LogP contribution in [0, 0.1) is 15.5 Å². The normalized spacial score (nSPS) is 24.7. The molecule has 18 nitrogen and oxygen atoms in total. The molecular weight excluding hydrogens is 951 g/mol. The summed E-state index contributed by atoms with van der Waals surface area (Å²) in [5.74, 6) is -0.00307. The number of nitro groups is 1. The highest BCUT2D eigenvalue weighted by Crippen LogP contribution is 2.55. The highest BCUT2D eigenvalue weighted by molar-refractivity contribution is 7.90. The van der Waals surface area contributed by atoms with Crippen LogP contribution in [0.1, 0.15) is 99.2 Å². The molecule has 6 aliphatic heterocycles. The monoisotopic (exact) mass is 1020 g/mol. The number of hydrogen-bond acceptors (Lipinski definition) is 15. The van der Waals surface area contributed by atoms with Crippen molar-refractivity contribution in [2.45, 2.75) is 113 Å². The third-order valence-electron chi connectivity index (χ3n) is 16.9. The topological polar surface area (TPSA) is 197 Å². The zero-order chi connectivity index (χ0) is 50.2. The van der Waals surface area contributed by atoms with Gasteiger partial charge in [-0.2, -0.15) is 4.98 Å². The van der Waals surface area contributed by atoms with Crippen LogP contribution >= 0.6 is 0 Å². The maximum Gasteiger partial charge on any atom is 0.297 e. The van der Waals surface area contributed by atoms with E-state index >= 15 is 0 Å². The van der Waals surface area contributed by atoms with Crippen molar-refractivity contribution in [3.63, 3.8) is 0 Å². The molecule has 5 fully saturated rings. The number of morpholine rings is 1. The molecule has 7 aliphatic rings. The van der Waals surface area contributed by atoms with E-state index in [1.165, 1.54) is 42.9 Å². The SMILES string of the molecule is CC(C)c1ccccc1[C@@H]1CCCN1C1CC2(CCN(c3ccc(C(=O)NS(=O)(=O)c4cc5c(c([N+](=O)[O-])c4)N[C@H]([C@H]4CN(C6COC6)[C@H](C)CO4)CO5)c(N4CCCOc5nc6[nH]ccc6cc54)c3)CC2)C1. The number of nitrogens with zero attached hydrogens (tertiary/aromatic N) is 6. The number of aromatic amines is 1. The first-order valence-electron chi connectivity index (χ1n) is 26.2. The maximum absolute atomic E-state index is 14.6. The molecule has 0 radical (unpaired) electrons. The summed E-state index contributed by atoms with van der Waals surface area (Å²) in [6, 6.07) is 21.8. The van der Waals surface area contributed by atoms with Crippen molar-refractivity contribution in [3.8, 4) is 11.6 Å². The van der Waals surface area contributed by atoms with Gasteiger partial charge < -0.3 is 39.0 Å². The van der Waals surface area contributed by atoms with E-state index in [1.54, 1.807) is 6.07 Å². The van der Waals surface area contributed by atoms with E-state index in [1.807, 2.05) is 35.4 Å². The molecule has 1 amide bonds. The molecule has 3 aromatic carbocycles. The molecule has 5 aromatic rings. The van der Waals surface area contributed by atoms with E-state index in [2.05, 4.69) is 74.8 Å². The van der Waals surface area contributed by atoms with Gasteiger partial charge in [0.15, 0.2) is 11.4 Å². The van der Waals surface area contributed by atoms with Crippen LogP contribution in [0.15, 0.2) is 77.8 Å². The van der Waals surface area contributed by atoms with E-state index in [0.29, 0.717) is 92.3 Å². The van der Waals surface area contributed by atoms with Gasteiger partial charge in [-0.25, -0.2) is 13.1 Å². The van der Waals surface area contributed by atoms with Crippen molar-refractivity contribution in [3.05, 3.63) is 99.7 Å². The third kappa shape index (κ3) is 8.93. The fraction of sp³-hybridized carbons (Fsp3) is 0.519.